The largest absolute Gasteiger partial charge is 0.416 e. The lowest BCUT2D eigenvalue weighted by Crippen LogP contribution is -2.13. The molecule has 108 valence electrons. The minimum atomic E-state index is -4.55. The number of H-pyrrole nitrogens is 1. The molecule has 2 N–H and O–H groups in total. The van der Waals surface area contributed by atoms with Crippen molar-refractivity contribution in [1.82, 2.24) is 10.2 Å². The highest BCUT2D eigenvalue weighted by atomic mass is 35.5. The number of aromatic nitrogens is 2. The van der Waals surface area contributed by atoms with Gasteiger partial charge < -0.3 is 0 Å². The van der Waals surface area contributed by atoms with Gasteiger partial charge >= 0.3 is 6.18 Å². The number of hydrogen-bond donors (Lipinski definition) is 2. The van der Waals surface area contributed by atoms with E-state index in [1.807, 2.05) is 0 Å². The molecule has 0 atom stereocenters. The van der Waals surface area contributed by atoms with Crippen LogP contribution in [0.15, 0.2) is 35.5 Å². The Hall–Kier alpha value is -1.74. The summed E-state index contributed by atoms with van der Waals surface area (Å²) >= 11 is 5.65. The Kier molecular flexibility index (Phi) is 3.65. The van der Waals surface area contributed by atoms with E-state index in [-0.39, 0.29) is 15.6 Å². The van der Waals surface area contributed by atoms with Crippen LogP contribution in [-0.4, -0.2) is 18.6 Å². The predicted octanol–water partition coefficient (Wildman–Crippen LogP) is 2.88. The normalized spacial score (nSPS) is 12.4. The zero-order valence-electron chi connectivity index (χ0n) is 9.57. The summed E-state index contributed by atoms with van der Waals surface area (Å²) in [6.45, 7) is 0. The number of nitrogens with zero attached hydrogens (tertiary/aromatic N) is 1. The van der Waals surface area contributed by atoms with Gasteiger partial charge in [-0.1, -0.05) is 11.6 Å². The third-order valence-corrected chi connectivity index (χ3v) is 3.97. The number of halogens is 4. The molecule has 2 aromatic rings. The maximum absolute atomic E-state index is 12.5. The third-order valence-electron chi connectivity index (χ3n) is 2.32. The Morgan fingerprint density at radius 3 is 2.50 bits per heavy atom. The van der Waals surface area contributed by atoms with E-state index in [2.05, 4.69) is 14.9 Å². The number of aromatic amines is 1. The van der Waals surface area contributed by atoms with Crippen LogP contribution in [0.2, 0.25) is 5.02 Å². The number of anilines is 1. The van der Waals surface area contributed by atoms with E-state index in [0.29, 0.717) is 6.07 Å². The van der Waals surface area contributed by atoms with E-state index < -0.39 is 21.8 Å². The first-order valence-electron chi connectivity index (χ1n) is 5.08. The van der Waals surface area contributed by atoms with Crippen molar-refractivity contribution in [2.75, 3.05) is 4.72 Å². The maximum atomic E-state index is 12.5. The van der Waals surface area contributed by atoms with Gasteiger partial charge in [-0.05, 0) is 18.2 Å². The fourth-order valence-corrected chi connectivity index (χ4v) is 2.63. The van der Waals surface area contributed by atoms with Crippen LogP contribution in [-0.2, 0) is 16.2 Å². The fraction of sp³-hybridized carbons (Fsp3) is 0.100. The van der Waals surface area contributed by atoms with Crippen molar-refractivity contribution in [2.45, 2.75) is 11.1 Å². The average Bonchev–Trinajstić information content (AvgIpc) is 2.84. The van der Waals surface area contributed by atoms with Crippen molar-refractivity contribution in [1.29, 1.82) is 0 Å². The lowest BCUT2D eigenvalue weighted by Gasteiger charge is -2.11. The zero-order chi connectivity index (χ0) is 15.0. The van der Waals surface area contributed by atoms with Gasteiger partial charge in [0.2, 0.25) is 0 Å². The molecule has 1 aromatic heterocycles. The first kappa shape index (κ1) is 14.7. The summed E-state index contributed by atoms with van der Waals surface area (Å²) in [6.07, 6.45) is -2.37. The summed E-state index contributed by atoms with van der Waals surface area (Å²) in [5.41, 5.74) is -1.12. The van der Waals surface area contributed by atoms with Crippen LogP contribution >= 0.6 is 11.6 Å². The molecule has 0 saturated carbocycles. The fourth-order valence-electron chi connectivity index (χ4n) is 1.36. The molecule has 0 bridgehead atoms. The lowest BCUT2D eigenvalue weighted by atomic mass is 10.2. The average molecular weight is 326 g/mol. The van der Waals surface area contributed by atoms with Crippen LogP contribution in [0.1, 0.15) is 5.56 Å². The second-order valence-electron chi connectivity index (χ2n) is 3.73. The van der Waals surface area contributed by atoms with Crippen LogP contribution in [0.4, 0.5) is 18.9 Å². The van der Waals surface area contributed by atoms with Crippen LogP contribution in [0.5, 0.6) is 0 Å². The van der Waals surface area contributed by atoms with Crippen LogP contribution in [0.25, 0.3) is 0 Å². The van der Waals surface area contributed by atoms with Crippen molar-refractivity contribution in [3.05, 3.63) is 41.2 Å². The molecule has 10 heteroatoms. The summed E-state index contributed by atoms with van der Waals surface area (Å²) < 4.78 is 63.1. The van der Waals surface area contributed by atoms with E-state index in [1.165, 1.54) is 0 Å². The SMILES string of the molecule is O=S(=O)(Nc1ccc(C(F)(F)F)cc1Cl)c1cn[nH]c1. The molecular formula is C10H7ClF3N3O2S. The summed E-state index contributed by atoms with van der Waals surface area (Å²) in [5, 5.41) is 5.43. The Morgan fingerprint density at radius 1 is 1.30 bits per heavy atom. The molecule has 0 fully saturated rings. The van der Waals surface area contributed by atoms with E-state index >= 15 is 0 Å². The van der Waals surface area contributed by atoms with Crippen LogP contribution in [0, 0.1) is 0 Å². The summed E-state index contributed by atoms with van der Waals surface area (Å²) in [5.74, 6) is 0. The number of nitrogens with one attached hydrogen (secondary N) is 2. The maximum Gasteiger partial charge on any atom is 0.416 e. The van der Waals surface area contributed by atoms with E-state index in [9.17, 15) is 21.6 Å². The molecule has 0 unspecified atom stereocenters. The first-order valence-corrected chi connectivity index (χ1v) is 6.94. The monoisotopic (exact) mass is 325 g/mol. The highest BCUT2D eigenvalue weighted by Gasteiger charge is 2.31. The smallest absolute Gasteiger partial charge is 0.284 e. The molecule has 20 heavy (non-hydrogen) atoms. The minimum Gasteiger partial charge on any atom is -0.284 e. The highest BCUT2D eigenvalue weighted by Crippen LogP contribution is 2.34. The molecule has 0 aliphatic rings. The molecule has 0 radical (unpaired) electrons. The molecular weight excluding hydrogens is 319 g/mol. The minimum absolute atomic E-state index is 0.152. The molecule has 0 aliphatic carbocycles. The highest BCUT2D eigenvalue weighted by molar-refractivity contribution is 7.92. The Bertz CT molecular complexity index is 714. The molecule has 2 rings (SSSR count). The number of rotatable bonds is 3. The molecule has 0 spiro atoms. The van der Waals surface area contributed by atoms with Gasteiger partial charge in [-0.25, -0.2) is 8.42 Å². The lowest BCUT2D eigenvalue weighted by molar-refractivity contribution is -0.137. The van der Waals surface area contributed by atoms with Gasteiger partial charge in [-0.3, -0.25) is 9.82 Å². The number of benzene rings is 1. The van der Waals surface area contributed by atoms with Gasteiger partial charge in [0.05, 0.1) is 22.5 Å². The third kappa shape index (κ3) is 3.05. The molecule has 5 nitrogen and oxygen atoms in total. The second kappa shape index (κ2) is 4.98. The zero-order valence-corrected chi connectivity index (χ0v) is 11.1. The summed E-state index contributed by atoms with van der Waals surface area (Å²) in [4.78, 5) is -0.159. The van der Waals surface area contributed by atoms with Crippen LogP contribution < -0.4 is 4.72 Å². The van der Waals surface area contributed by atoms with Crippen molar-refractivity contribution in [3.63, 3.8) is 0 Å². The van der Waals surface area contributed by atoms with Gasteiger partial charge in [0.25, 0.3) is 10.0 Å². The summed E-state index contributed by atoms with van der Waals surface area (Å²) in [7, 11) is -3.95. The van der Waals surface area contributed by atoms with Crippen LogP contribution in [0.3, 0.4) is 0 Å². The van der Waals surface area contributed by atoms with Gasteiger partial charge in [0, 0.05) is 6.20 Å². The predicted molar refractivity (Wildman–Crippen MR) is 65.9 cm³/mol. The summed E-state index contributed by atoms with van der Waals surface area (Å²) in [6, 6.07) is 2.33. The quantitative estimate of drug-likeness (QED) is 0.911. The Labute approximate surface area is 116 Å². The van der Waals surface area contributed by atoms with Crippen molar-refractivity contribution in [3.8, 4) is 0 Å². The van der Waals surface area contributed by atoms with Gasteiger partial charge in [0.1, 0.15) is 4.90 Å². The number of alkyl halides is 3. The van der Waals surface area contributed by atoms with Crippen molar-refractivity contribution in [2.24, 2.45) is 0 Å². The number of sulfonamides is 1. The molecule has 1 aromatic carbocycles. The second-order valence-corrected chi connectivity index (χ2v) is 5.82. The molecule has 0 amide bonds. The van der Waals surface area contributed by atoms with Gasteiger partial charge in [0.15, 0.2) is 0 Å². The number of hydrogen-bond acceptors (Lipinski definition) is 3. The van der Waals surface area contributed by atoms with Gasteiger partial charge in [-0.2, -0.15) is 18.3 Å². The Morgan fingerprint density at radius 2 is 2.00 bits per heavy atom. The molecule has 1 heterocycles. The standard InChI is InChI=1S/C10H7ClF3N3O2S/c11-8-3-6(10(12,13)14)1-2-9(8)17-20(18,19)7-4-15-16-5-7/h1-5,17H,(H,15,16). The Balaban J connectivity index is 2.32. The van der Waals surface area contributed by atoms with E-state index in [1.54, 1.807) is 0 Å². The topological polar surface area (TPSA) is 74.8 Å². The van der Waals surface area contributed by atoms with E-state index in [4.69, 9.17) is 11.6 Å². The van der Waals surface area contributed by atoms with Crippen molar-refractivity contribution < 1.29 is 21.6 Å². The van der Waals surface area contributed by atoms with E-state index in [0.717, 1.165) is 24.5 Å². The molecule has 0 aliphatic heterocycles. The van der Waals surface area contributed by atoms with Gasteiger partial charge in [-0.15, -0.1) is 0 Å². The first-order chi connectivity index (χ1) is 9.20. The van der Waals surface area contributed by atoms with Crippen molar-refractivity contribution >= 4 is 27.3 Å². The molecule has 0 saturated heterocycles.